The Bertz CT molecular complexity index is 327. The van der Waals surface area contributed by atoms with Gasteiger partial charge < -0.3 is 5.32 Å². The molecule has 0 saturated heterocycles. The van der Waals surface area contributed by atoms with Gasteiger partial charge in [0.2, 0.25) is 0 Å². The molecule has 0 unspecified atom stereocenters. The molecule has 78 valence electrons. The quantitative estimate of drug-likeness (QED) is 0.786. The van der Waals surface area contributed by atoms with Crippen molar-refractivity contribution in [2.45, 2.75) is 10.4 Å². The van der Waals surface area contributed by atoms with Gasteiger partial charge in [-0.2, -0.15) is 13.2 Å². The highest BCUT2D eigenvalue weighted by Crippen LogP contribution is 2.41. The first kappa shape index (κ1) is 11.5. The van der Waals surface area contributed by atoms with E-state index < -0.39 is 5.51 Å². The molecule has 0 radical (unpaired) electrons. The fourth-order valence-electron chi connectivity index (χ4n) is 0.912. The summed E-state index contributed by atoms with van der Waals surface area (Å²) in [4.78, 5) is 0.0764. The van der Waals surface area contributed by atoms with Crippen molar-refractivity contribution in [2.24, 2.45) is 0 Å². The summed E-state index contributed by atoms with van der Waals surface area (Å²) in [7, 11) is 1.56. The molecule has 0 aliphatic rings. The van der Waals surface area contributed by atoms with E-state index in [1.807, 2.05) is 0 Å². The van der Waals surface area contributed by atoms with Gasteiger partial charge >= 0.3 is 5.51 Å². The monoisotopic (exact) mass is 241 g/mol. The average Bonchev–Trinajstić information content (AvgIpc) is 2.01. The molecule has 1 aromatic rings. The largest absolute Gasteiger partial charge is 0.446 e. The van der Waals surface area contributed by atoms with Crippen LogP contribution in [0.4, 0.5) is 18.9 Å². The van der Waals surface area contributed by atoms with E-state index in [0.29, 0.717) is 5.69 Å². The number of alkyl halides is 3. The molecule has 1 nitrogen and oxygen atoms in total. The summed E-state index contributed by atoms with van der Waals surface area (Å²) >= 11 is 5.41. The SMILES string of the molecule is CNc1ccc(Cl)cc1SC(F)(F)F. The predicted molar refractivity (Wildman–Crippen MR) is 52.9 cm³/mol. The third-order valence-electron chi connectivity index (χ3n) is 1.44. The second-order valence-electron chi connectivity index (χ2n) is 2.44. The normalized spacial score (nSPS) is 11.5. The lowest BCUT2D eigenvalue weighted by Crippen LogP contribution is -2.01. The van der Waals surface area contributed by atoms with Gasteiger partial charge in [-0.1, -0.05) is 11.6 Å². The van der Waals surface area contributed by atoms with Gasteiger partial charge in [-0.25, -0.2) is 0 Å². The second-order valence-corrected chi connectivity index (χ2v) is 3.98. The molecule has 0 bridgehead atoms. The van der Waals surface area contributed by atoms with Crippen molar-refractivity contribution in [1.82, 2.24) is 0 Å². The summed E-state index contributed by atoms with van der Waals surface area (Å²) < 4.78 is 36.2. The Morgan fingerprint density at radius 1 is 1.36 bits per heavy atom. The Morgan fingerprint density at radius 3 is 2.50 bits per heavy atom. The maximum absolute atomic E-state index is 12.1. The van der Waals surface area contributed by atoms with Crippen LogP contribution in [0.5, 0.6) is 0 Å². The maximum atomic E-state index is 12.1. The first-order valence-electron chi connectivity index (χ1n) is 3.65. The molecule has 1 rings (SSSR count). The Labute approximate surface area is 88.6 Å². The van der Waals surface area contributed by atoms with Crippen LogP contribution in [0, 0.1) is 0 Å². The van der Waals surface area contributed by atoms with Crippen LogP contribution in [0.3, 0.4) is 0 Å². The summed E-state index contributed by atoms with van der Waals surface area (Å²) in [5, 5.41) is 2.95. The lowest BCUT2D eigenvalue weighted by Gasteiger charge is -2.10. The summed E-state index contributed by atoms with van der Waals surface area (Å²) in [6.45, 7) is 0. The van der Waals surface area contributed by atoms with Crippen LogP contribution >= 0.6 is 23.4 Å². The van der Waals surface area contributed by atoms with Crippen LogP contribution in [0.2, 0.25) is 5.02 Å². The van der Waals surface area contributed by atoms with Crippen molar-refractivity contribution < 1.29 is 13.2 Å². The maximum Gasteiger partial charge on any atom is 0.446 e. The number of benzene rings is 1. The number of anilines is 1. The van der Waals surface area contributed by atoms with Gasteiger partial charge in [0.25, 0.3) is 0 Å². The molecule has 1 N–H and O–H groups in total. The third-order valence-corrected chi connectivity index (χ3v) is 2.46. The molecule has 0 aromatic heterocycles. The summed E-state index contributed by atoms with van der Waals surface area (Å²) in [6, 6.07) is 4.33. The molecule has 6 heteroatoms. The van der Waals surface area contributed by atoms with Crippen molar-refractivity contribution in [2.75, 3.05) is 12.4 Å². The van der Waals surface area contributed by atoms with Gasteiger partial charge in [0.05, 0.1) is 0 Å². The van der Waals surface area contributed by atoms with Gasteiger partial charge in [0.15, 0.2) is 0 Å². The summed E-state index contributed by atoms with van der Waals surface area (Å²) in [5.74, 6) is 0. The van der Waals surface area contributed by atoms with Crippen molar-refractivity contribution in [3.63, 3.8) is 0 Å². The van der Waals surface area contributed by atoms with Gasteiger partial charge in [-0.3, -0.25) is 0 Å². The van der Waals surface area contributed by atoms with Gasteiger partial charge in [-0.05, 0) is 30.0 Å². The summed E-state index contributed by atoms with van der Waals surface area (Å²) in [5.41, 5.74) is -3.88. The smallest absolute Gasteiger partial charge is 0.387 e. The fourth-order valence-corrected chi connectivity index (χ4v) is 1.86. The van der Waals surface area contributed by atoms with E-state index in [9.17, 15) is 13.2 Å². The van der Waals surface area contributed by atoms with E-state index >= 15 is 0 Å². The minimum Gasteiger partial charge on any atom is -0.387 e. The van der Waals surface area contributed by atoms with Crippen LogP contribution in [0.1, 0.15) is 0 Å². The van der Waals surface area contributed by atoms with Crippen molar-refractivity contribution in [3.8, 4) is 0 Å². The van der Waals surface area contributed by atoms with E-state index in [0.717, 1.165) is 0 Å². The minimum absolute atomic E-state index is 0.0764. The number of hydrogen-bond donors (Lipinski definition) is 1. The van der Waals surface area contributed by atoms with E-state index in [4.69, 9.17) is 11.6 Å². The fraction of sp³-hybridized carbons (Fsp3) is 0.250. The zero-order valence-corrected chi connectivity index (χ0v) is 8.72. The molecule has 0 spiro atoms. The van der Waals surface area contributed by atoms with Crippen LogP contribution in [-0.4, -0.2) is 12.6 Å². The van der Waals surface area contributed by atoms with Crippen LogP contribution in [0.25, 0.3) is 0 Å². The molecule has 0 heterocycles. The Kier molecular flexibility index (Phi) is 3.55. The summed E-state index contributed by atoms with van der Waals surface area (Å²) in [6.07, 6.45) is 0. The first-order chi connectivity index (χ1) is 6.42. The van der Waals surface area contributed by atoms with Crippen molar-refractivity contribution in [3.05, 3.63) is 23.2 Å². The third kappa shape index (κ3) is 3.31. The molecule has 0 amide bonds. The van der Waals surface area contributed by atoms with E-state index in [2.05, 4.69) is 5.32 Å². The highest BCUT2D eigenvalue weighted by Gasteiger charge is 2.30. The molecular formula is C8H7ClF3NS. The standard InChI is InChI=1S/C8H7ClF3NS/c1-13-6-3-2-5(9)4-7(6)14-8(10,11)12/h2-4,13H,1H3. The number of rotatable bonds is 2. The molecule has 0 saturated carbocycles. The topological polar surface area (TPSA) is 12.0 Å². The highest BCUT2D eigenvalue weighted by molar-refractivity contribution is 8.00. The van der Waals surface area contributed by atoms with Crippen molar-refractivity contribution in [1.29, 1.82) is 0 Å². The van der Waals surface area contributed by atoms with Gasteiger partial charge in [0.1, 0.15) is 0 Å². The van der Waals surface area contributed by atoms with Crippen LogP contribution in [0.15, 0.2) is 23.1 Å². The van der Waals surface area contributed by atoms with Gasteiger partial charge in [-0.15, -0.1) is 0 Å². The molecule has 0 aliphatic carbocycles. The number of hydrogen-bond acceptors (Lipinski definition) is 2. The Hall–Kier alpha value is -0.550. The molecule has 0 atom stereocenters. The number of halogens is 4. The Morgan fingerprint density at radius 2 is 2.00 bits per heavy atom. The molecular weight excluding hydrogens is 235 g/mol. The highest BCUT2D eigenvalue weighted by atomic mass is 35.5. The zero-order chi connectivity index (χ0) is 10.8. The van der Waals surface area contributed by atoms with Gasteiger partial charge in [0, 0.05) is 22.7 Å². The van der Waals surface area contributed by atoms with E-state index in [1.54, 1.807) is 7.05 Å². The number of nitrogens with one attached hydrogen (secondary N) is 1. The van der Waals surface area contributed by atoms with E-state index in [-0.39, 0.29) is 21.7 Å². The molecule has 14 heavy (non-hydrogen) atoms. The molecule has 1 aromatic carbocycles. The van der Waals surface area contributed by atoms with Crippen LogP contribution < -0.4 is 5.32 Å². The lowest BCUT2D eigenvalue weighted by atomic mass is 10.3. The van der Waals surface area contributed by atoms with Crippen molar-refractivity contribution >= 4 is 29.1 Å². The number of thioether (sulfide) groups is 1. The Balaban J connectivity index is 2.99. The second kappa shape index (κ2) is 4.31. The average molecular weight is 242 g/mol. The van der Waals surface area contributed by atoms with Crippen LogP contribution in [-0.2, 0) is 0 Å². The first-order valence-corrected chi connectivity index (χ1v) is 4.85. The minimum atomic E-state index is -4.30. The lowest BCUT2D eigenvalue weighted by molar-refractivity contribution is -0.0327. The molecule has 0 aliphatic heterocycles. The predicted octanol–water partition coefficient (Wildman–Crippen LogP) is 3.99. The molecule has 0 fully saturated rings. The van der Waals surface area contributed by atoms with E-state index in [1.165, 1.54) is 18.2 Å². The zero-order valence-electron chi connectivity index (χ0n) is 7.15.